The number of hydrogen-bond donors (Lipinski definition) is 0. The van der Waals surface area contributed by atoms with E-state index in [4.69, 9.17) is 0 Å². The molecule has 2 saturated heterocycles. The minimum Gasteiger partial charge on any atom is -0.299 e. The van der Waals surface area contributed by atoms with E-state index in [1.54, 1.807) is 0 Å². The van der Waals surface area contributed by atoms with Gasteiger partial charge in [-0.1, -0.05) is 0 Å². The van der Waals surface area contributed by atoms with Crippen LogP contribution in [-0.2, 0) is 0 Å². The van der Waals surface area contributed by atoms with Crippen molar-refractivity contribution in [2.45, 2.75) is 52.2 Å². The Kier molecular flexibility index (Phi) is 2.85. The Labute approximate surface area is 88.3 Å². The molecule has 14 heavy (non-hydrogen) atoms. The van der Waals surface area contributed by atoms with Crippen LogP contribution in [0.5, 0.6) is 0 Å². The number of hydrogen-bond acceptors (Lipinski definition) is 2. The molecule has 2 rings (SSSR count). The molecule has 0 bridgehead atoms. The van der Waals surface area contributed by atoms with Gasteiger partial charge in [-0.05, 0) is 46.6 Å². The van der Waals surface area contributed by atoms with E-state index in [0.29, 0.717) is 0 Å². The van der Waals surface area contributed by atoms with E-state index in [9.17, 15) is 0 Å². The lowest BCUT2D eigenvalue weighted by atomic mass is 10.0. The van der Waals surface area contributed by atoms with Crippen LogP contribution in [0, 0.1) is 5.92 Å². The van der Waals surface area contributed by atoms with Crippen LogP contribution in [0.4, 0.5) is 0 Å². The van der Waals surface area contributed by atoms with Gasteiger partial charge in [0.1, 0.15) is 0 Å². The molecule has 82 valence electrons. The summed E-state index contributed by atoms with van der Waals surface area (Å²) in [6, 6.07) is 2.32. The second-order valence-corrected chi connectivity index (χ2v) is 5.50. The van der Waals surface area contributed by atoms with Crippen LogP contribution < -0.4 is 0 Å². The summed E-state index contributed by atoms with van der Waals surface area (Å²) in [6.07, 6.45) is 1.42. The van der Waals surface area contributed by atoms with Crippen molar-refractivity contribution >= 4 is 0 Å². The van der Waals surface area contributed by atoms with Crippen LogP contribution in [0.2, 0.25) is 0 Å². The van der Waals surface area contributed by atoms with E-state index in [-0.39, 0.29) is 0 Å². The lowest BCUT2D eigenvalue weighted by molar-refractivity contribution is 0.174. The van der Waals surface area contributed by atoms with E-state index >= 15 is 0 Å². The van der Waals surface area contributed by atoms with Crippen LogP contribution >= 0.6 is 0 Å². The maximum Gasteiger partial charge on any atom is 0.0266 e. The zero-order valence-corrected chi connectivity index (χ0v) is 10.0. The molecule has 0 N–H and O–H groups in total. The monoisotopic (exact) mass is 196 g/mol. The van der Waals surface area contributed by atoms with Crippen molar-refractivity contribution in [2.24, 2.45) is 5.92 Å². The maximum absolute atomic E-state index is 2.70. The third-order valence-electron chi connectivity index (χ3n) is 4.01. The first kappa shape index (κ1) is 10.4. The van der Waals surface area contributed by atoms with Crippen molar-refractivity contribution in [2.75, 3.05) is 19.6 Å². The molecule has 0 saturated carbocycles. The topological polar surface area (TPSA) is 6.48 Å². The number of fused-ring (bicyclic) bond motifs is 1. The van der Waals surface area contributed by atoms with Crippen molar-refractivity contribution in [3.63, 3.8) is 0 Å². The van der Waals surface area contributed by atoms with Crippen molar-refractivity contribution in [3.05, 3.63) is 0 Å². The van der Waals surface area contributed by atoms with E-state index in [2.05, 4.69) is 37.5 Å². The molecule has 2 heterocycles. The predicted octanol–water partition coefficient (Wildman–Crippen LogP) is 1.81. The second-order valence-electron chi connectivity index (χ2n) is 5.50. The summed E-state index contributed by atoms with van der Waals surface area (Å²) in [7, 11) is 0. The second kappa shape index (κ2) is 3.82. The molecule has 2 aliphatic rings. The summed E-state index contributed by atoms with van der Waals surface area (Å²) < 4.78 is 0. The molecule has 0 amide bonds. The van der Waals surface area contributed by atoms with Crippen molar-refractivity contribution in [1.29, 1.82) is 0 Å². The average molecular weight is 196 g/mol. The molecule has 2 heteroatoms. The van der Waals surface area contributed by atoms with Gasteiger partial charge in [-0.25, -0.2) is 0 Å². The number of nitrogens with zero attached hydrogens (tertiary/aromatic N) is 2. The third kappa shape index (κ3) is 1.70. The Morgan fingerprint density at radius 2 is 1.71 bits per heavy atom. The Bertz CT molecular complexity index is 200. The molecule has 2 aliphatic heterocycles. The van der Waals surface area contributed by atoms with Gasteiger partial charge in [0, 0.05) is 31.2 Å². The fraction of sp³-hybridized carbons (Fsp3) is 1.00. The summed E-state index contributed by atoms with van der Waals surface area (Å²) in [5.74, 6) is 0.958. The zero-order valence-electron chi connectivity index (χ0n) is 10.0. The first-order valence-corrected chi connectivity index (χ1v) is 6.09. The normalized spacial score (nSPS) is 34.7. The number of likely N-dealkylation sites (tertiary alicyclic amines) is 2. The summed E-state index contributed by atoms with van der Waals surface area (Å²) in [5, 5.41) is 0. The molecule has 0 radical (unpaired) electrons. The SMILES string of the molecule is CC(C)N1C[C@@H]2CCN(C(C)C)[C@@H]2C1. The molecule has 0 aliphatic carbocycles. The fourth-order valence-corrected chi connectivity index (χ4v) is 3.09. The van der Waals surface area contributed by atoms with Crippen LogP contribution in [-0.4, -0.2) is 47.6 Å². The highest BCUT2D eigenvalue weighted by Gasteiger charge is 2.42. The average Bonchev–Trinajstić information content (AvgIpc) is 2.58. The molecule has 0 spiro atoms. The third-order valence-corrected chi connectivity index (χ3v) is 4.01. The molecule has 2 atom stereocenters. The smallest absolute Gasteiger partial charge is 0.0266 e. The Morgan fingerprint density at radius 1 is 1.00 bits per heavy atom. The lowest BCUT2D eigenvalue weighted by Crippen LogP contribution is -2.40. The summed E-state index contributed by atoms with van der Waals surface area (Å²) >= 11 is 0. The highest BCUT2D eigenvalue weighted by atomic mass is 15.3. The molecule has 2 nitrogen and oxygen atoms in total. The Morgan fingerprint density at radius 3 is 2.29 bits per heavy atom. The fourth-order valence-electron chi connectivity index (χ4n) is 3.09. The largest absolute Gasteiger partial charge is 0.299 e. The van der Waals surface area contributed by atoms with Gasteiger partial charge in [0.2, 0.25) is 0 Å². The lowest BCUT2D eigenvalue weighted by Gasteiger charge is -2.29. The van der Waals surface area contributed by atoms with Crippen molar-refractivity contribution in [1.82, 2.24) is 9.80 Å². The Hall–Kier alpha value is -0.0800. The molecule has 0 aromatic carbocycles. The van der Waals surface area contributed by atoms with Gasteiger partial charge < -0.3 is 0 Å². The van der Waals surface area contributed by atoms with Crippen LogP contribution in [0.1, 0.15) is 34.1 Å². The minimum atomic E-state index is 0.731. The first-order chi connectivity index (χ1) is 6.59. The summed E-state index contributed by atoms with van der Waals surface area (Å²) in [4.78, 5) is 5.34. The van der Waals surface area contributed by atoms with E-state index in [1.807, 2.05) is 0 Å². The van der Waals surface area contributed by atoms with Gasteiger partial charge in [-0.3, -0.25) is 9.80 Å². The van der Waals surface area contributed by atoms with Crippen molar-refractivity contribution in [3.8, 4) is 0 Å². The van der Waals surface area contributed by atoms with Crippen LogP contribution in [0.15, 0.2) is 0 Å². The van der Waals surface area contributed by atoms with Gasteiger partial charge in [0.15, 0.2) is 0 Å². The van der Waals surface area contributed by atoms with Crippen molar-refractivity contribution < 1.29 is 0 Å². The van der Waals surface area contributed by atoms with Crippen LogP contribution in [0.3, 0.4) is 0 Å². The molecule has 0 aromatic rings. The molecular weight excluding hydrogens is 172 g/mol. The molecule has 0 unspecified atom stereocenters. The molecule has 2 fully saturated rings. The molecule has 0 aromatic heterocycles. The van der Waals surface area contributed by atoms with E-state index in [1.165, 1.54) is 26.1 Å². The summed E-state index contributed by atoms with van der Waals surface area (Å²) in [5.41, 5.74) is 0. The van der Waals surface area contributed by atoms with Gasteiger partial charge in [0.25, 0.3) is 0 Å². The summed E-state index contributed by atoms with van der Waals surface area (Å²) in [6.45, 7) is 13.3. The quantitative estimate of drug-likeness (QED) is 0.664. The minimum absolute atomic E-state index is 0.731. The van der Waals surface area contributed by atoms with Crippen LogP contribution in [0.25, 0.3) is 0 Å². The van der Waals surface area contributed by atoms with E-state index in [0.717, 1.165) is 24.0 Å². The van der Waals surface area contributed by atoms with Gasteiger partial charge >= 0.3 is 0 Å². The highest BCUT2D eigenvalue weighted by Crippen LogP contribution is 2.33. The highest BCUT2D eigenvalue weighted by molar-refractivity contribution is 4.97. The zero-order chi connectivity index (χ0) is 10.3. The van der Waals surface area contributed by atoms with Gasteiger partial charge in [-0.15, -0.1) is 0 Å². The van der Waals surface area contributed by atoms with Gasteiger partial charge in [0.05, 0.1) is 0 Å². The number of rotatable bonds is 2. The standard InChI is InChI=1S/C12H24N2/c1-9(2)13-7-11-5-6-14(10(3)4)12(11)8-13/h9-12H,5-8H2,1-4H3/t11-,12+/m0/s1. The van der Waals surface area contributed by atoms with Gasteiger partial charge in [-0.2, -0.15) is 0 Å². The molecular formula is C12H24N2. The maximum atomic E-state index is 2.70. The Balaban J connectivity index is 2.00. The van der Waals surface area contributed by atoms with E-state index < -0.39 is 0 Å². The first-order valence-electron chi connectivity index (χ1n) is 6.09. The predicted molar refractivity (Wildman–Crippen MR) is 60.4 cm³/mol.